The van der Waals surface area contributed by atoms with Crippen LogP contribution in [0.2, 0.25) is 0 Å². The zero-order chi connectivity index (χ0) is 10.6. The highest BCUT2D eigenvalue weighted by Crippen LogP contribution is 2.39. The van der Waals surface area contributed by atoms with Gasteiger partial charge in [0.05, 0.1) is 0 Å². The molecule has 0 aliphatic carbocycles. The Bertz CT molecular complexity index is 186. The van der Waals surface area contributed by atoms with Gasteiger partial charge in [-0.25, -0.2) is 9.76 Å². The van der Waals surface area contributed by atoms with Crippen LogP contribution in [-0.2, 0) is 4.57 Å². The highest BCUT2D eigenvalue weighted by molar-refractivity contribution is 7.56. The Morgan fingerprint density at radius 1 is 1.31 bits per heavy atom. The molecule has 0 radical (unpaired) electrons. The van der Waals surface area contributed by atoms with Crippen molar-refractivity contribution in [1.29, 1.82) is 0 Å². The van der Waals surface area contributed by atoms with Crippen LogP contribution < -0.4 is 10.6 Å². The third-order valence-corrected chi connectivity index (χ3v) is 4.17. The number of rotatable bonds is 5. The zero-order valence-electron chi connectivity index (χ0n) is 9.24. The minimum Gasteiger partial charge on any atom is -0.271 e. The third-order valence-electron chi connectivity index (χ3n) is 1.79. The summed E-state index contributed by atoms with van der Waals surface area (Å²) in [4.78, 5) is 0. The molecule has 0 saturated heterocycles. The van der Waals surface area contributed by atoms with Gasteiger partial charge in [-0.1, -0.05) is 6.92 Å². The average Bonchev–Trinajstić information content (AvgIpc) is 1.82. The summed E-state index contributed by atoms with van der Waals surface area (Å²) in [5.41, 5.74) is 5.74. The number of hydrogen-bond donors (Lipinski definition) is 2. The van der Waals surface area contributed by atoms with E-state index >= 15 is 0 Å². The first-order chi connectivity index (χ1) is 5.83. The quantitative estimate of drug-likeness (QED) is 0.675. The fourth-order valence-corrected chi connectivity index (χ4v) is 3.58. The van der Waals surface area contributed by atoms with Gasteiger partial charge in [-0.05, 0) is 27.7 Å². The Morgan fingerprint density at radius 3 is 1.92 bits per heavy atom. The minimum atomic E-state index is -2.83. The van der Waals surface area contributed by atoms with E-state index in [-0.39, 0.29) is 12.1 Å². The van der Waals surface area contributed by atoms with Gasteiger partial charge in [0.25, 0.3) is 7.59 Å². The molecule has 5 heteroatoms. The monoisotopic (exact) mass is 207 g/mol. The van der Waals surface area contributed by atoms with E-state index in [0.29, 0.717) is 6.54 Å². The molecule has 0 spiro atoms. The molecule has 0 bridgehead atoms. The highest BCUT2D eigenvalue weighted by Gasteiger charge is 2.29. The van der Waals surface area contributed by atoms with Crippen LogP contribution >= 0.6 is 7.59 Å². The largest absolute Gasteiger partial charge is 0.279 e. The molecule has 13 heavy (non-hydrogen) atoms. The molecule has 0 aliphatic rings. The van der Waals surface area contributed by atoms with E-state index in [1.165, 1.54) is 0 Å². The van der Waals surface area contributed by atoms with Gasteiger partial charge in [0.1, 0.15) is 0 Å². The molecule has 0 heterocycles. The van der Waals surface area contributed by atoms with Crippen LogP contribution in [0.25, 0.3) is 0 Å². The SMILES string of the molecule is CCNP(N)(=O)N(C(C)C)C(C)C. The molecule has 1 unspecified atom stereocenters. The minimum absolute atomic E-state index is 0.190. The van der Waals surface area contributed by atoms with Crippen molar-refractivity contribution in [3.8, 4) is 0 Å². The first-order valence-corrected chi connectivity index (χ1v) is 6.48. The molecule has 0 aromatic carbocycles. The van der Waals surface area contributed by atoms with E-state index in [2.05, 4.69) is 5.09 Å². The van der Waals surface area contributed by atoms with Gasteiger partial charge in [0.15, 0.2) is 0 Å². The lowest BCUT2D eigenvalue weighted by Crippen LogP contribution is -2.41. The molecule has 0 aromatic heterocycles. The second-order valence-corrected chi connectivity index (χ2v) is 5.73. The Morgan fingerprint density at radius 2 is 1.69 bits per heavy atom. The maximum Gasteiger partial charge on any atom is 0.279 e. The Labute approximate surface area is 81.4 Å². The van der Waals surface area contributed by atoms with Crippen LogP contribution in [0.4, 0.5) is 0 Å². The molecule has 1 atom stereocenters. The zero-order valence-corrected chi connectivity index (χ0v) is 10.1. The summed E-state index contributed by atoms with van der Waals surface area (Å²) in [6, 6.07) is 0.379. The van der Waals surface area contributed by atoms with E-state index in [0.717, 1.165) is 0 Å². The summed E-state index contributed by atoms with van der Waals surface area (Å²) in [6.07, 6.45) is 0. The molecule has 0 saturated carbocycles. The van der Waals surface area contributed by atoms with Crippen molar-refractivity contribution >= 4 is 7.59 Å². The standard InChI is InChI=1S/C8H22N3OP/c1-6-10-13(9,12)11(7(2)3)8(4)5/h7-8H,6H2,1-5H3,(H3,9,10,12). The van der Waals surface area contributed by atoms with Gasteiger partial charge < -0.3 is 0 Å². The molecular weight excluding hydrogens is 185 g/mol. The lowest BCUT2D eigenvalue weighted by molar-refractivity contribution is 0.294. The van der Waals surface area contributed by atoms with E-state index in [1.54, 1.807) is 0 Å². The maximum atomic E-state index is 12.0. The van der Waals surface area contributed by atoms with Crippen molar-refractivity contribution < 1.29 is 4.57 Å². The van der Waals surface area contributed by atoms with Gasteiger partial charge in [0.2, 0.25) is 0 Å². The number of nitrogens with zero attached hydrogens (tertiary/aromatic N) is 1. The van der Waals surface area contributed by atoms with Crippen molar-refractivity contribution in [3.05, 3.63) is 0 Å². The van der Waals surface area contributed by atoms with Crippen molar-refractivity contribution in [2.45, 2.75) is 46.7 Å². The molecule has 0 aliphatic heterocycles. The molecular formula is C8H22N3OP. The van der Waals surface area contributed by atoms with E-state index < -0.39 is 7.59 Å². The van der Waals surface area contributed by atoms with E-state index in [1.807, 2.05) is 39.3 Å². The Kier molecular flexibility index (Phi) is 5.15. The van der Waals surface area contributed by atoms with Crippen molar-refractivity contribution in [3.63, 3.8) is 0 Å². The first kappa shape index (κ1) is 13.1. The fourth-order valence-electron chi connectivity index (χ4n) is 1.59. The van der Waals surface area contributed by atoms with Crippen LogP contribution in [-0.4, -0.2) is 23.3 Å². The summed E-state index contributed by atoms with van der Waals surface area (Å²) in [5.74, 6) is 0. The van der Waals surface area contributed by atoms with Gasteiger partial charge in [-0.3, -0.25) is 10.1 Å². The van der Waals surface area contributed by atoms with Gasteiger partial charge in [-0.15, -0.1) is 0 Å². The highest BCUT2D eigenvalue weighted by atomic mass is 31.2. The van der Waals surface area contributed by atoms with Crippen LogP contribution in [0.5, 0.6) is 0 Å². The van der Waals surface area contributed by atoms with Gasteiger partial charge >= 0.3 is 0 Å². The molecule has 3 N–H and O–H groups in total. The Hall–Kier alpha value is 0.110. The van der Waals surface area contributed by atoms with Crippen molar-refractivity contribution in [2.24, 2.45) is 5.50 Å². The molecule has 0 amide bonds. The van der Waals surface area contributed by atoms with Crippen LogP contribution in [0.3, 0.4) is 0 Å². The van der Waals surface area contributed by atoms with Crippen LogP contribution in [0, 0.1) is 0 Å². The molecule has 0 fully saturated rings. The third kappa shape index (κ3) is 3.77. The lowest BCUT2D eigenvalue weighted by Gasteiger charge is -2.35. The molecule has 0 rings (SSSR count). The number of hydrogen-bond acceptors (Lipinski definition) is 1. The summed E-state index contributed by atoms with van der Waals surface area (Å²) in [6.45, 7) is 10.5. The van der Waals surface area contributed by atoms with Crippen molar-refractivity contribution in [2.75, 3.05) is 6.54 Å². The number of nitrogens with one attached hydrogen (secondary N) is 1. The molecule has 0 aromatic rings. The fraction of sp³-hybridized carbons (Fsp3) is 1.00. The van der Waals surface area contributed by atoms with Gasteiger partial charge in [-0.2, -0.15) is 0 Å². The Balaban J connectivity index is 4.63. The van der Waals surface area contributed by atoms with Gasteiger partial charge in [0, 0.05) is 18.6 Å². The second-order valence-electron chi connectivity index (χ2n) is 3.70. The summed E-state index contributed by atoms with van der Waals surface area (Å²) >= 11 is 0. The summed E-state index contributed by atoms with van der Waals surface area (Å²) < 4.78 is 13.8. The summed E-state index contributed by atoms with van der Waals surface area (Å²) in [7, 11) is -2.83. The van der Waals surface area contributed by atoms with E-state index in [9.17, 15) is 4.57 Å². The van der Waals surface area contributed by atoms with Crippen LogP contribution in [0.1, 0.15) is 34.6 Å². The lowest BCUT2D eigenvalue weighted by atomic mass is 10.3. The van der Waals surface area contributed by atoms with Crippen molar-refractivity contribution in [1.82, 2.24) is 9.76 Å². The number of nitrogens with two attached hydrogens (primary N) is 1. The smallest absolute Gasteiger partial charge is 0.271 e. The molecule has 4 nitrogen and oxygen atoms in total. The predicted octanol–water partition coefficient (Wildman–Crippen LogP) is 1.78. The first-order valence-electron chi connectivity index (χ1n) is 4.75. The topological polar surface area (TPSA) is 58.4 Å². The van der Waals surface area contributed by atoms with E-state index in [4.69, 9.17) is 5.50 Å². The second kappa shape index (κ2) is 5.11. The normalized spacial score (nSPS) is 17.0. The summed E-state index contributed by atoms with van der Waals surface area (Å²) in [5, 5.41) is 2.84. The van der Waals surface area contributed by atoms with Crippen LogP contribution in [0.15, 0.2) is 0 Å². The molecule has 80 valence electrons. The average molecular weight is 207 g/mol. The predicted molar refractivity (Wildman–Crippen MR) is 57.6 cm³/mol. The maximum absolute atomic E-state index is 12.0.